The largest absolute Gasteiger partial charge is 0.379 e. The number of aryl methyl sites for hydroxylation is 2. The van der Waals surface area contributed by atoms with Gasteiger partial charge in [0.2, 0.25) is 0 Å². The van der Waals surface area contributed by atoms with Crippen LogP contribution in [0.1, 0.15) is 48.4 Å². The number of morpholine rings is 1. The first-order valence-electron chi connectivity index (χ1n) is 11.4. The summed E-state index contributed by atoms with van der Waals surface area (Å²) in [6, 6.07) is 15.2. The highest BCUT2D eigenvalue weighted by Gasteiger charge is 2.16. The van der Waals surface area contributed by atoms with Crippen LogP contribution < -0.4 is 5.32 Å². The second kappa shape index (κ2) is 11.6. The van der Waals surface area contributed by atoms with Crippen LogP contribution in [0.5, 0.6) is 0 Å². The average Bonchev–Trinajstić information content (AvgIpc) is 2.75. The lowest BCUT2D eigenvalue weighted by molar-refractivity contribution is 0.0368. The molecule has 31 heavy (non-hydrogen) atoms. The third-order valence-electron chi connectivity index (χ3n) is 5.91. The van der Waals surface area contributed by atoms with E-state index < -0.39 is 0 Å². The Morgan fingerprint density at radius 2 is 1.87 bits per heavy atom. The summed E-state index contributed by atoms with van der Waals surface area (Å²) in [6.45, 7) is 15.3. The number of anilines is 1. The smallest absolute Gasteiger partial charge is 0.173 e. The summed E-state index contributed by atoms with van der Waals surface area (Å²) in [5, 5.41) is 4.41. The summed E-state index contributed by atoms with van der Waals surface area (Å²) in [6.07, 6.45) is 1.08. The Bertz CT molecular complexity index is 861. The average molecular weight is 440 g/mol. The van der Waals surface area contributed by atoms with Crippen LogP contribution in [0.2, 0.25) is 0 Å². The molecule has 3 rings (SSSR count). The maximum atomic E-state index is 5.95. The van der Waals surface area contributed by atoms with Crippen molar-refractivity contribution in [1.82, 2.24) is 9.80 Å². The second-order valence-corrected chi connectivity index (χ2v) is 9.23. The van der Waals surface area contributed by atoms with E-state index >= 15 is 0 Å². The zero-order valence-corrected chi connectivity index (χ0v) is 20.3. The molecule has 0 saturated carbocycles. The Morgan fingerprint density at radius 3 is 2.58 bits per heavy atom. The summed E-state index contributed by atoms with van der Waals surface area (Å²) in [5.41, 5.74) is 6.28. The van der Waals surface area contributed by atoms with Gasteiger partial charge in [-0.2, -0.15) is 0 Å². The van der Waals surface area contributed by atoms with Crippen molar-refractivity contribution >= 4 is 23.0 Å². The number of nitrogens with one attached hydrogen (secondary N) is 1. The molecule has 0 aliphatic carbocycles. The molecule has 5 heteroatoms. The second-order valence-electron chi connectivity index (χ2n) is 8.84. The molecule has 1 fully saturated rings. The molecule has 168 valence electrons. The Balaban J connectivity index is 1.72. The number of nitrogens with zero attached hydrogens (tertiary/aromatic N) is 2. The normalized spacial score (nSPS) is 14.6. The molecule has 0 spiro atoms. The number of hydrogen-bond acceptors (Lipinski definition) is 3. The van der Waals surface area contributed by atoms with Gasteiger partial charge >= 0.3 is 0 Å². The van der Waals surface area contributed by atoms with Crippen molar-refractivity contribution in [3.8, 4) is 0 Å². The SMILES string of the molecule is Cc1cccc(CN(CCCN2CCOCC2)C(=S)Nc2c(C)cccc2C(C)C)c1. The Hall–Kier alpha value is -1.95. The molecular weight excluding hydrogens is 402 g/mol. The molecule has 0 bridgehead atoms. The number of ether oxygens (including phenoxy) is 1. The highest BCUT2D eigenvalue weighted by molar-refractivity contribution is 7.80. The van der Waals surface area contributed by atoms with E-state index in [1.165, 1.54) is 22.3 Å². The Labute approximate surface area is 193 Å². The molecule has 1 heterocycles. The fraction of sp³-hybridized carbons (Fsp3) is 0.500. The Morgan fingerprint density at radius 1 is 1.13 bits per heavy atom. The lowest BCUT2D eigenvalue weighted by Gasteiger charge is -2.30. The van der Waals surface area contributed by atoms with Gasteiger partial charge in [-0.05, 0) is 55.1 Å². The van der Waals surface area contributed by atoms with E-state index in [1.54, 1.807) is 0 Å². The molecule has 1 N–H and O–H groups in total. The fourth-order valence-corrected chi connectivity index (χ4v) is 4.38. The van der Waals surface area contributed by atoms with Gasteiger partial charge in [0.15, 0.2) is 5.11 Å². The third-order valence-corrected chi connectivity index (χ3v) is 6.27. The predicted octanol–water partition coefficient (Wildman–Crippen LogP) is 5.35. The lowest BCUT2D eigenvalue weighted by atomic mass is 9.98. The molecule has 0 radical (unpaired) electrons. The summed E-state index contributed by atoms with van der Waals surface area (Å²) in [5.74, 6) is 0.441. The molecular formula is C26H37N3OS. The fourth-order valence-electron chi connectivity index (χ4n) is 4.12. The molecule has 1 aliphatic heterocycles. The van der Waals surface area contributed by atoms with Crippen molar-refractivity contribution in [3.63, 3.8) is 0 Å². The van der Waals surface area contributed by atoms with Crippen molar-refractivity contribution < 1.29 is 4.74 Å². The zero-order valence-electron chi connectivity index (χ0n) is 19.5. The van der Waals surface area contributed by atoms with E-state index in [1.807, 2.05) is 0 Å². The molecule has 4 nitrogen and oxygen atoms in total. The summed E-state index contributed by atoms with van der Waals surface area (Å²) >= 11 is 5.95. The summed E-state index contributed by atoms with van der Waals surface area (Å²) in [7, 11) is 0. The Kier molecular flexibility index (Phi) is 8.88. The topological polar surface area (TPSA) is 27.7 Å². The van der Waals surface area contributed by atoms with E-state index in [9.17, 15) is 0 Å². The van der Waals surface area contributed by atoms with Gasteiger partial charge in [-0.15, -0.1) is 0 Å². The van der Waals surface area contributed by atoms with Gasteiger partial charge in [0.05, 0.1) is 13.2 Å². The highest BCUT2D eigenvalue weighted by atomic mass is 32.1. The van der Waals surface area contributed by atoms with E-state index in [0.29, 0.717) is 5.92 Å². The minimum absolute atomic E-state index is 0.441. The standard InChI is InChI=1S/C26H37N3OS/c1-20(2)24-11-6-9-22(4)25(24)27-26(31)29(19-23-10-5-8-21(3)18-23)13-7-12-28-14-16-30-17-15-28/h5-6,8-11,18,20H,7,12-17,19H2,1-4H3,(H,27,31). The van der Waals surface area contributed by atoms with Crippen LogP contribution in [0.4, 0.5) is 5.69 Å². The van der Waals surface area contributed by atoms with Gasteiger partial charge in [-0.25, -0.2) is 0 Å². The van der Waals surface area contributed by atoms with Crippen LogP contribution >= 0.6 is 12.2 Å². The number of para-hydroxylation sites is 1. The van der Waals surface area contributed by atoms with Crippen molar-refractivity contribution in [1.29, 1.82) is 0 Å². The van der Waals surface area contributed by atoms with E-state index in [-0.39, 0.29) is 0 Å². The van der Waals surface area contributed by atoms with Crippen LogP contribution in [0.25, 0.3) is 0 Å². The predicted molar refractivity (Wildman–Crippen MR) is 135 cm³/mol. The highest BCUT2D eigenvalue weighted by Crippen LogP contribution is 2.28. The molecule has 0 atom stereocenters. The molecule has 2 aromatic carbocycles. The van der Waals surface area contributed by atoms with E-state index in [0.717, 1.165) is 63.2 Å². The number of benzene rings is 2. The number of hydrogen-bond donors (Lipinski definition) is 1. The van der Waals surface area contributed by atoms with Crippen LogP contribution in [0.15, 0.2) is 42.5 Å². The summed E-state index contributed by atoms with van der Waals surface area (Å²) in [4.78, 5) is 4.81. The quantitative estimate of drug-likeness (QED) is 0.560. The minimum Gasteiger partial charge on any atom is -0.379 e. The number of rotatable bonds is 8. The van der Waals surface area contributed by atoms with Crippen molar-refractivity contribution in [2.75, 3.05) is 44.7 Å². The first-order valence-corrected chi connectivity index (χ1v) is 11.9. The molecule has 0 amide bonds. The maximum absolute atomic E-state index is 5.95. The van der Waals surface area contributed by atoms with Crippen LogP contribution in [-0.2, 0) is 11.3 Å². The molecule has 2 aromatic rings. The zero-order chi connectivity index (χ0) is 22.2. The minimum atomic E-state index is 0.441. The summed E-state index contributed by atoms with van der Waals surface area (Å²) < 4.78 is 5.48. The van der Waals surface area contributed by atoms with Gasteiger partial charge < -0.3 is 15.0 Å². The van der Waals surface area contributed by atoms with Gasteiger partial charge in [-0.1, -0.05) is 61.9 Å². The van der Waals surface area contributed by atoms with Gasteiger partial charge in [0.1, 0.15) is 0 Å². The first-order chi connectivity index (χ1) is 14.9. The molecule has 0 unspecified atom stereocenters. The van der Waals surface area contributed by atoms with Crippen molar-refractivity contribution in [2.24, 2.45) is 0 Å². The van der Waals surface area contributed by atoms with Crippen LogP contribution in [-0.4, -0.2) is 54.3 Å². The van der Waals surface area contributed by atoms with Gasteiger partial charge in [-0.3, -0.25) is 4.90 Å². The molecule has 1 aliphatic rings. The van der Waals surface area contributed by atoms with E-state index in [2.05, 4.69) is 85.3 Å². The van der Waals surface area contributed by atoms with Gasteiger partial charge in [0, 0.05) is 38.4 Å². The third kappa shape index (κ3) is 7.03. The van der Waals surface area contributed by atoms with E-state index in [4.69, 9.17) is 17.0 Å². The van der Waals surface area contributed by atoms with Crippen molar-refractivity contribution in [2.45, 2.75) is 46.6 Å². The monoisotopic (exact) mass is 439 g/mol. The number of thiocarbonyl (C=S) groups is 1. The first kappa shape index (κ1) is 23.7. The molecule has 0 aromatic heterocycles. The lowest BCUT2D eigenvalue weighted by Crippen LogP contribution is -2.40. The van der Waals surface area contributed by atoms with Crippen LogP contribution in [0, 0.1) is 13.8 Å². The van der Waals surface area contributed by atoms with Gasteiger partial charge in [0.25, 0.3) is 0 Å². The van der Waals surface area contributed by atoms with Crippen LogP contribution in [0.3, 0.4) is 0 Å². The maximum Gasteiger partial charge on any atom is 0.173 e. The van der Waals surface area contributed by atoms with Crippen molar-refractivity contribution in [3.05, 3.63) is 64.7 Å². The molecule has 1 saturated heterocycles.